The van der Waals surface area contributed by atoms with Crippen LogP contribution in [-0.4, -0.2) is 6.08 Å². The van der Waals surface area contributed by atoms with Gasteiger partial charge < -0.3 is 0 Å². The van der Waals surface area contributed by atoms with E-state index < -0.39 is 0 Å². The number of hydrogen-bond donors (Lipinski definition) is 0. The van der Waals surface area contributed by atoms with E-state index in [0.29, 0.717) is 12.5 Å². The number of isocyanates is 1. The van der Waals surface area contributed by atoms with Crippen LogP contribution < -0.4 is 0 Å². The van der Waals surface area contributed by atoms with Gasteiger partial charge in [-0.2, -0.15) is 0 Å². The van der Waals surface area contributed by atoms with Gasteiger partial charge in [-0.25, -0.2) is 9.79 Å². The zero-order valence-electron chi connectivity index (χ0n) is 9.66. The van der Waals surface area contributed by atoms with Crippen molar-refractivity contribution in [3.8, 4) is 0 Å². The van der Waals surface area contributed by atoms with E-state index in [1.165, 1.54) is 11.6 Å². The van der Waals surface area contributed by atoms with E-state index >= 15 is 0 Å². The monoisotopic (exact) mass is 237 g/mol. The Hall–Kier alpha value is -1.11. The van der Waals surface area contributed by atoms with Gasteiger partial charge in [-0.05, 0) is 36.0 Å². The lowest BCUT2D eigenvalue weighted by Gasteiger charge is -2.15. The molecule has 16 heavy (non-hydrogen) atoms. The van der Waals surface area contributed by atoms with Crippen molar-refractivity contribution in [2.45, 2.75) is 39.2 Å². The van der Waals surface area contributed by atoms with Crippen LogP contribution in [-0.2, 0) is 11.3 Å². The molecule has 0 aliphatic heterocycles. The molecule has 2 nitrogen and oxygen atoms in total. The van der Waals surface area contributed by atoms with Crippen molar-refractivity contribution in [1.82, 2.24) is 0 Å². The number of benzene rings is 1. The third-order valence-corrected chi connectivity index (χ3v) is 3.14. The summed E-state index contributed by atoms with van der Waals surface area (Å²) in [6, 6.07) is 5.89. The lowest BCUT2D eigenvalue weighted by atomic mass is 9.93. The van der Waals surface area contributed by atoms with Crippen molar-refractivity contribution in [1.29, 1.82) is 0 Å². The Morgan fingerprint density at radius 3 is 2.56 bits per heavy atom. The molecule has 1 aromatic carbocycles. The van der Waals surface area contributed by atoms with E-state index in [1.54, 1.807) is 0 Å². The van der Waals surface area contributed by atoms with Crippen molar-refractivity contribution in [3.63, 3.8) is 0 Å². The Balaban J connectivity index is 2.94. The first kappa shape index (κ1) is 13.0. The van der Waals surface area contributed by atoms with Crippen LogP contribution in [0.1, 0.15) is 43.7 Å². The second-order valence-electron chi connectivity index (χ2n) is 3.78. The first-order valence-electron chi connectivity index (χ1n) is 5.54. The highest BCUT2D eigenvalue weighted by Crippen LogP contribution is 2.30. The van der Waals surface area contributed by atoms with Crippen LogP contribution in [0.4, 0.5) is 0 Å². The largest absolute Gasteiger partial charge is 0.235 e. The van der Waals surface area contributed by atoms with Crippen LogP contribution in [0.2, 0.25) is 5.02 Å². The maximum Gasteiger partial charge on any atom is 0.235 e. The number of rotatable bonds is 5. The average molecular weight is 238 g/mol. The summed E-state index contributed by atoms with van der Waals surface area (Å²) in [5.74, 6) is 0.510. The highest BCUT2D eigenvalue weighted by molar-refractivity contribution is 6.31. The first-order chi connectivity index (χ1) is 7.72. The SMILES string of the molecule is CCC(CC)c1ccc(CN=C=O)cc1Cl. The normalized spacial score (nSPS) is 10.2. The maximum atomic E-state index is 10.0. The second-order valence-corrected chi connectivity index (χ2v) is 4.18. The van der Waals surface area contributed by atoms with Gasteiger partial charge in [0, 0.05) is 5.02 Å². The minimum Gasteiger partial charge on any atom is -0.211 e. The van der Waals surface area contributed by atoms with Crippen molar-refractivity contribution in [2.75, 3.05) is 0 Å². The van der Waals surface area contributed by atoms with Gasteiger partial charge in [-0.1, -0.05) is 37.6 Å². The van der Waals surface area contributed by atoms with Crippen LogP contribution in [0.15, 0.2) is 23.2 Å². The van der Waals surface area contributed by atoms with Crippen molar-refractivity contribution < 1.29 is 4.79 Å². The molecule has 1 aromatic rings. The van der Waals surface area contributed by atoms with E-state index in [2.05, 4.69) is 18.8 Å². The Morgan fingerprint density at radius 1 is 1.38 bits per heavy atom. The van der Waals surface area contributed by atoms with Gasteiger partial charge in [0.1, 0.15) is 0 Å². The van der Waals surface area contributed by atoms with Crippen molar-refractivity contribution in [2.24, 2.45) is 4.99 Å². The summed E-state index contributed by atoms with van der Waals surface area (Å²) in [6.07, 6.45) is 3.70. The zero-order valence-corrected chi connectivity index (χ0v) is 10.4. The molecule has 0 radical (unpaired) electrons. The van der Waals surface area contributed by atoms with Gasteiger partial charge in [0.15, 0.2) is 0 Å². The molecule has 0 amide bonds. The molecule has 0 bridgehead atoms. The fourth-order valence-electron chi connectivity index (χ4n) is 1.85. The lowest BCUT2D eigenvalue weighted by Crippen LogP contribution is -1.97. The summed E-state index contributed by atoms with van der Waals surface area (Å²) < 4.78 is 0. The van der Waals surface area contributed by atoms with Crippen LogP contribution in [0.25, 0.3) is 0 Å². The molecule has 0 atom stereocenters. The molecule has 0 spiro atoms. The van der Waals surface area contributed by atoms with Gasteiger partial charge >= 0.3 is 0 Å². The predicted molar refractivity (Wildman–Crippen MR) is 66.6 cm³/mol. The van der Waals surface area contributed by atoms with Crippen LogP contribution in [0, 0.1) is 0 Å². The minimum absolute atomic E-state index is 0.354. The summed E-state index contributed by atoms with van der Waals surface area (Å²) in [6.45, 7) is 4.68. The first-order valence-corrected chi connectivity index (χ1v) is 5.92. The van der Waals surface area contributed by atoms with Crippen molar-refractivity contribution in [3.05, 3.63) is 34.3 Å². The molecule has 1 rings (SSSR count). The van der Waals surface area contributed by atoms with Crippen LogP contribution in [0.5, 0.6) is 0 Å². The van der Waals surface area contributed by atoms with E-state index in [4.69, 9.17) is 11.6 Å². The van der Waals surface area contributed by atoms with E-state index in [-0.39, 0.29) is 0 Å². The van der Waals surface area contributed by atoms with Gasteiger partial charge in [0.05, 0.1) is 6.54 Å². The molecule has 0 aliphatic carbocycles. The van der Waals surface area contributed by atoms with Gasteiger partial charge in [-0.3, -0.25) is 0 Å². The molecule has 86 valence electrons. The smallest absolute Gasteiger partial charge is 0.211 e. The highest BCUT2D eigenvalue weighted by Gasteiger charge is 2.10. The summed E-state index contributed by atoms with van der Waals surface area (Å²) in [4.78, 5) is 13.5. The van der Waals surface area contributed by atoms with Crippen molar-refractivity contribution >= 4 is 17.7 Å². The highest BCUT2D eigenvalue weighted by atomic mass is 35.5. The molecule has 0 saturated carbocycles. The fourth-order valence-corrected chi connectivity index (χ4v) is 2.21. The van der Waals surface area contributed by atoms with Gasteiger partial charge in [0.25, 0.3) is 0 Å². The fraction of sp³-hybridized carbons (Fsp3) is 0.462. The number of halogens is 1. The molecular formula is C13H16ClNO. The zero-order chi connectivity index (χ0) is 12.0. The summed E-state index contributed by atoms with van der Waals surface area (Å²) in [5.41, 5.74) is 2.13. The van der Waals surface area contributed by atoms with E-state index in [9.17, 15) is 4.79 Å². The molecule has 0 heterocycles. The number of carbonyl (C=O) groups excluding carboxylic acids is 1. The molecule has 0 fully saturated rings. The minimum atomic E-state index is 0.354. The Labute approximate surface area is 101 Å². The summed E-state index contributed by atoms with van der Waals surface area (Å²) in [5, 5.41) is 0.771. The molecule has 0 unspecified atom stereocenters. The average Bonchev–Trinajstić information content (AvgIpc) is 2.30. The van der Waals surface area contributed by atoms with E-state index in [0.717, 1.165) is 23.4 Å². The quantitative estimate of drug-likeness (QED) is 0.561. The topological polar surface area (TPSA) is 29.4 Å². The molecule has 0 saturated heterocycles. The molecular weight excluding hydrogens is 222 g/mol. The molecule has 0 aliphatic rings. The molecule has 0 aromatic heterocycles. The standard InChI is InChI=1S/C13H16ClNO/c1-3-11(4-2)12-6-5-10(7-13(12)14)8-15-9-16/h5-7,11H,3-4,8H2,1-2H3. The van der Waals surface area contributed by atoms with Gasteiger partial charge in [-0.15, -0.1) is 0 Å². The summed E-state index contributed by atoms with van der Waals surface area (Å²) in [7, 11) is 0. The number of aliphatic imine (C=N–C) groups is 1. The van der Waals surface area contributed by atoms with E-state index in [1.807, 2.05) is 18.2 Å². The third kappa shape index (κ3) is 3.19. The predicted octanol–water partition coefficient (Wildman–Crippen LogP) is 4.08. The molecule has 3 heteroatoms. The Kier molecular flexibility index (Phi) is 5.24. The van der Waals surface area contributed by atoms with Crippen LogP contribution >= 0.6 is 11.6 Å². The Morgan fingerprint density at radius 2 is 2.06 bits per heavy atom. The number of hydrogen-bond acceptors (Lipinski definition) is 2. The van der Waals surface area contributed by atoms with Crippen LogP contribution in [0.3, 0.4) is 0 Å². The number of nitrogens with zero attached hydrogens (tertiary/aromatic N) is 1. The maximum absolute atomic E-state index is 10.0. The second kappa shape index (κ2) is 6.47. The molecule has 0 N–H and O–H groups in total. The Bertz CT molecular complexity index is 393. The lowest BCUT2D eigenvalue weighted by molar-refractivity contribution is 0.563. The summed E-state index contributed by atoms with van der Waals surface area (Å²) >= 11 is 6.22. The van der Waals surface area contributed by atoms with Gasteiger partial charge in [0.2, 0.25) is 6.08 Å². The third-order valence-electron chi connectivity index (χ3n) is 2.82.